The molecular formula is C19H28O3. The number of unbranched alkanes of at least 4 members (excludes halogenated alkanes) is 5. The van der Waals surface area contributed by atoms with Crippen molar-refractivity contribution < 1.29 is 14.3 Å². The number of benzene rings is 1. The molecule has 0 N–H and O–H groups in total. The maximum atomic E-state index is 11.1. The molecule has 0 heterocycles. The predicted octanol–water partition coefficient (Wildman–Crippen LogP) is 4.83. The highest BCUT2D eigenvalue weighted by Gasteiger charge is 2.01. The van der Waals surface area contributed by atoms with Crippen LogP contribution in [0.4, 0.5) is 0 Å². The van der Waals surface area contributed by atoms with Crippen molar-refractivity contribution in [2.24, 2.45) is 0 Å². The molecule has 0 saturated carbocycles. The molecule has 0 saturated heterocycles. The number of hydrogen-bond donors (Lipinski definition) is 0. The van der Waals surface area contributed by atoms with E-state index in [4.69, 9.17) is 9.47 Å². The van der Waals surface area contributed by atoms with Gasteiger partial charge in [-0.3, -0.25) is 0 Å². The Morgan fingerprint density at radius 2 is 1.50 bits per heavy atom. The molecule has 0 aliphatic heterocycles. The molecule has 0 aromatic heterocycles. The highest BCUT2D eigenvalue weighted by molar-refractivity contribution is 5.86. The molecule has 1 aromatic carbocycles. The van der Waals surface area contributed by atoms with Crippen molar-refractivity contribution in [3.8, 4) is 5.75 Å². The Labute approximate surface area is 134 Å². The lowest BCUT2D eigenvalue weighted by atomic mass is 10.1. The van der Waals surface area contributed by atoms with Gasteiger partial charge in [-0.05, 0) is 38.8 Å². The Kier molecular flexibility index (Phi) is 9.04. The molecule has 0 bridgehead atoms. The van der Waals surface area contributed by atoms with Gasteiger partial charge in [0.25, 0.3) is 0 Å². The summed E-state index contributed by atoms with van der Waals surface area (Å²) >= 11 is 0. The standard InChI is InChI=1S/C19H28O3/c1-16(2)19(20)22-15-9-7-5-4-6-8-14-21-18-12-10-17(3)11-13-18/h10-13H,1,4-9,14-15H2,2-3H3. The van der Waals surface area contributed by atoms with Crippen molar-refractivity contribution in [3.05, 3.63) is 42.0 Å². The second kappa shape index (κ2) is 10.9. The van der Waals surface area contributed by atoms with Gasteiger partial charge in [-0.1, -0.05) is 50.0 Å². The van der Waals surface area contributed by atoms with E-state index in [-0.39, 0.29) is 5.97 Å². The zero-order chi connectivity index (χ0) is 16.2. The largest absolute Gasteiger partial charge is 0.494 e. The van der Waals surface area contributed by atoms with E-state index in [9.17, 15) is 4.79 Å². The zero-order valence-electron chi connectivity index (χ0n) is 13.9. The Morgan fingerprint density at radius 1 is 0.955 bits per heavy atom. The topological polar surface area (TPSA) is 35.5 Å². The van der Waals surface area contributed by atoms with E-state index < -0.39 is 0 Å². The van der Waals surface area contributed by atoms with Gasteiger partial charge in [0.15, 0.2) is 0 Å². The Bertz CT molecular complexity index is 448. The van der Waals surface area contributed by atoms with Gasteiger partial charge in [-0.2, -0.15) is 0 Å². The maximum absolute atomic E-state index is 11.1. The minimum atomic E-state index is -0.284. The van der Waals surface area contributed by atoms with Gasteiger partial charge in [-0.15, -0.1) is 0 Å². The normalized spacial score (nSPS) is 10.3. The number of esters is 1. The molecule has 3 heteroatoms. The van der Waals surface area contributed by atoms with E-state index in [1.54, 1.807) is 6.92 Å². The molecule has 0 aliphatic rings. The van der Waals surface area contributed by atoms with Crippen LogP contribution in [0.25, 0.3) is 0 Å². The van der Waals surface area contributed by atoms with E-state index in [2.05, 4.69) is 25.6 Å². The molecular weight excluding hydrogens is 276 g/mol. The van der Waals surface area contributed by atoms with E-state index >= 15 is 0 Å². The molecule has 0 atom stereocenters. The fourth-order valence-electron chi connectivity index (χ4n) is 2.02. The summed E-state index contributed by atoms with van der Waals surface area (Å²) in [5.74, 6) is 0.665. The van der Waals surface area contributed by atoms with Crippen LogP contribution in [0.3, 0.4) is 0 Å². The third kappa shape index (κ3) is 8.50. The Morgan fingerprint density at radius 3 is 2.09 bits per heavy atom. The van der Waals surface area contributed by atoms with Crippen LogP contribution in [0.1, 0.15) is 51.0 Å². The molecule has 0 aliphatic carbocycles. The fourth-order valence-corrected chi connectivity index (χ4v) is 2.02. The first kappa shape index (κ1) is 18.3. The van der Waals surface area contributed by atoms with Gasteiger partial charge < -0.3 is 9.47 Å². The predicted molar refractivity (Wildman–Crippen MR) is 90.1 cm³/mol. The highest BCUT2D eigenvalue weighted by Crippen LogP contribution is 2.12. The molecule has 1 aromatic rings. The second-order valence-corrected chi connectivity index (χ2v) is 5.70. The lowest BCUT2D eigenvalue weighted by molar-refractivity contribution is -0.139. The van der Waals surface area contributed by atoms with Crippen molar-refractivity contribution in [1.29, 1.82) is 0 Å². The van der Waals surface area contributed by atoms with Crippen molar-refractivity contribution in [2.75, 3.05) is 13.2 Å². The average molecular weight is 304 g/mol. The van der Waals surface area contributed by atoms with E-state index in [0.29, 0.717) is 12.2 Å². The van der Waals surface area contributed by atoms with Gasteiger partial charge in [-0.25, -0.2) is 4.79 Å². The summed E-state index contributed by atoms with van der Waals surface area (Å²) in [5, 5.41) is 0. The van der Waals surface area contributed by atoms with Gasteiger partial charge in [0.1, 0.15) is 5.75 Å². The van der Waals surface area contributed by atoms with Crippen LogP contribution < -0.4 is 4.74 Å². The van der Waals surface area contributed by atoms with Crippen molar-refractivity contribution >= 4 is 5.97 Å². The van der Waals surface area contributed by atoms with E-state index in [1.165, 1.54) is 24.8 Å². The minimum Gasteiger partial charge on any atom is -0.494 e. The van der Waals surface area contributed by atoms with Gasteiger partial charge >= 0.3 is 5.97 Å². The summed E-state index contributed by atoms with van der Waals surface area (Å²) in [7, 11) is 0. The molecule has 22 heavy (non-hydrogen) atoms. The third-order valence-electron chi connectivity index (χ3n) is 3.41. The van der Waals surface area contributed by atoms with Crippen LogP contribution >= 0.6 is 0 Å². The van der Waals surface area contributed by atoms with Crippen molar-refractivity contribution in [2.45, 2.75) is 52.4 Å². The van der Waals surface area contributed by atoms with Crippen LogP contribution in [0.2, 0.25) is 0 Å². The summed E-state index contributed by atoms with van der Waals surface area (Å²) in [6.45, 7) is 8.57. The molecule has 0 fully saturated rings. The third-order valence-corrected chi connectivity index (χ3v) is 3.41. The summed E-state index contributed by atoms with van der Waals surface area (Å²) < 4.78 is 10.7. The highest BCUT2D eigenvalue weighted by atomic mass is 16.5. The Balaban J connectivity index is 1.88. The number of carbonyl (C=O) groups is 1. The first-order chi connectivity index (χ1) is 10.6. The monoisotopic (exact) mass is 304 g/mol. The average Bonchev–Trinajstić information content (AvgIpc) is 2.50. The Hall–Kier alpha value is -1.77. The molecule has 0 radical (unpaired) electrons. The summed E-state index contributed by atoms with van der Waals surface area (Å²) in [5.41, 5.74) is 1.72. The molecule has 0 amide bonds. The van der Waals surface area contributed by atoms with Crippen LogP contribution in [-0.2, 0) is 9.53 Å². The molecule has 1 rings (SSSR count). The van der Waals surface area contributed by atoms with Gasteiger partial charge in [0.05, 0.1) is 13.2 Å². The second-order valence-electron chi connectivity index (χ2n) is 5.70. The van der Waals surface area contributed by atoms with E-state index in [0.717, 1.165) is 31.6 Å². The number of hydrogen-bond acceptors (Lipinski definition) is 3. The van der Waals surface area contributed by atoms with Gasteiger partial charge in [0.2, 0.25) is 0 Å². The summed E-state index contributed by atoms with van der Waals surface area (Å²) in [4.78, 5) is 11.1. The molecule has 0 spiro atoms. The summed E-state index contributed by atoms with van der Waals surface area (Å²) in [6.07, 6.45) is 6.66. The molecule has 3 nitrogen and oxygen atoms in total. The first-order valence-electron chi connectivity index (χ1n) is 8.11. The SMILES string of the molecule is C=C(C)C(=O)OCCCCCCCCOc1ccc(C)cc1. The number of carbonyl (C=O) groups excluding carboxylic acids is 1. The van der Waals surface area contributed by atoms with Gasteiger partial charge in [0, 0.05) is 5.57 Å². The van der Waals surface area contributed by atoms with Crippen LogP contribution in [0.5, 0.6) is 5.75 Å². The molecule has 122 valence electrons. The lowest BCUT2D eigenvalue weighted by Gasteiger charge is -2.06. The van der Waals surface area contributed by atoms with Crippen LogP contribution in [0.15, 0.2) is 36.4 Å². The number of aryl methyl sites for hydroxylation is 1. The lowest BCUT2D eigenvalue weighted by Crippen LogP contribution is -2.06. The first-order valence-corrected chi connectivity index (χ1v) is 8.11. The van der Waals surface area contributed by atoms with Crippen molar-refractivity contribution in [1.82, 2.24) is 0 Å². The number of ether oxygens (including phenoxy) is 2. The zero-order valence-corrected chi connectivity index (χ0v) is 13.9. The van der Waals surface area contributed by atoms with Crippen molar-refractivity contribution in [3.63, 3.8) is 0 Å². The maximum Gasteiger partial charge on any atom is 0.333 e. The van der Waals surface area contributed by atoms with Crippen LogP contribution in [-0.4, -0.2) is 19.2 Å². The number of rotatable bonds is 11. The van der Waals surface area contributed by atoms with E-state index in [1.807, 2.05) is 12.1 Å². The molecule has 0 unspecified atom stereocenters. The quantitative estimate of drug-likeness (QED) is 0.333. The van der Waals surface area contributed by atoms with Crippen LogP contribution in [0, 0.1) is 6.92 Å². The summed E-state index contributed by atoms with van der Waals surface area (Å²) in [6, 6.07) is 8.16. The fraction of sp³-hybridized carbons (Fsp3) is 0.526. The smallest absolute Gasteiger partial charge is 0.333 e. The minimum absolute atomic E-state index is 0.284.